The van der Waals surface area contributed by atoms with Crippen LogP contribution in [-0.2, 0) is 20.9 Å². The van der Waals surface area contributed by atoms with Gasteiger partial charge in [-0.3, -0.25) is 9.78 Å². The predicted octanol–water partition coefficient (Wildman–Crippen LogP) is -1.97. The van der Waals surface area contributed by atoms with Crippen molar-refractivity contribution in [3.8, 4) is 23.1 Å². The molecule has 0 saturated heterocycles. The minimum atomic E-state index is -0.563. The van der Waals surface area contributed by atoms with E-state index in [4.69, 9.17) is 4.98 Å². The standard InChI is InChI=1S/C37H45N6O.C8H15NO3.CH4S.4CH3.4Cs/c1-25(2)26(3)35(44)43(24-36(4)16-17-36)22-34-40-30-13-10-28(20-31(30)41-34)7-6-27-8-11-29(12-9-27)32-21-39-33(42-32)14-15-37(18-19-37)23-38-5;1-4-6(2)7(5-10)9-8(11)12-3;1-2;;;;;;;;/h8-14,20-21,25-26,38H,15-19,22-24H2,1-5H3,(H,39,42)(H,40,41);5-7H,4H2,1-3H3,(H,9,11);2H,1H3;4*1H3;;;;/q-1;;;4*-1;4*+1. The van der Waals surface area contributed by atoms with Crippen molar-refractivity contribution >= 4 is 41.9 Å². The Morgan fingerprint density at radius 3 is 2.05 bits per heavy atom. The number of ether oxygens (including phenoxy) is 1. The molecule has 6 rings (SSSR count). The Bertz CT molecular complexity index is 2030. The number of aldehydes is 1. The molecule has 66 heavy (non-hydrogen) atoms. The zero-order valence-corrected chi connectivity index (χ0v) is 69.9. The molecular formula is C50H76Cs4N7O4S-. The fraction of sp³-hybridized carbons (Fsp3) is 0.480. The second kappa shape index (κ2) is 39.8. The Hall–Kier alpha value is 3.48. The number of nitrogens with zero attached hydrogens (tertiary/aromatic N) is 3. The Labute approximate surface area is 641 Å². The van der Waals surface area contributed by atoms with Crippen molar-refractivity contribution in [3.63, 3.8) is 0 Å². The van der Waals surface area contributed by atoms with E-state index in [1.165, 1.54) is 32.8 Å². The van der Waals surface area contributed by atoms with E-state index in [1.54, 1.807) is 6.26 Å². The van der Waals surface area contributed by atoms with Gasteiger partial charge >= 0.3 is 282 Å². The molecule has 16 heteroatoms. The molecule has 2 aliphatic carbocycles. The van der Waals surface area contributed by atoms with Crippen molar-refractivity contribution < 1.29 is 295 Å². The number of H-pyrrole nitrogens is 2. The van der Waals surface area contributed by atoms with Gasteiger partial charge in [-0.2, -0.15) is 19.0 Å². The minimum absolute atomic E-state index is 0. The smallest absolute Gasteiger partial charge is 0.453 e. The molecule has 2 heterocycles. The molecule has 0 aliphatic heterocycles. The van der Waals surface area contributed by atoms with E-state index in [0.717, 1.165) is 77.3 Å². The number of carbonyl (C=O) groups is 3. The van der Waals surface area contributed by atoms with Crippen molar-refractivity contribution in [2.75, 3.05) is 33.5 Å². The predicted molar refractivity (Wildman–Crippen MR) is 262 cm³/mol. The number of rotatable bonds is 16. The molecule has 2 aromatic carbocycles. The summed E-state index contributed by atoms with van der Waals surface area (Å²) in [6.45, 7) is 14.7. The third kappa shape index (κ3) is 25.8. The summed E-state index contributed by atoms with van der Waals surface area (Å²) >= 11 is 3.53. The Morgan fingerprint density at radius 2 is 1.53 bits per heavy atom. The molecule has 2 fully saturated rings. The molecule has 0 radical (unpaired) electrons. The number of nitrogens with one attached hydrogen (secondary N) is 4. The first-order chi connectivity index (χ1) is 27.8. The van der Waals surface area contributed by atoms with E-state index < -0.39 is 12.1 Å². The second-order valence-electron chi connectivity index (χ2n) is 16.6. The van der Waals surface area contributed by atoms with E-state index in [2.05, 4.69) is 106 Å². The van der Waals surface area contributed by atoms with E-state index >= 15 is 0 Å². The van der Waals surface area contributed by atoms with Crippen LogP contribution in [0.4, 0.5) is 4.79 Å². The molecule has 2 aromatic heterocycles. The van der Waals surface area contributed by atoms with E-state index in [9.17, 15) is 14.4 Å². The largest absolute Gasteiger partial charge is 1.00 e. The third-order valence-corrected chi connectivity index (χ3v) is 11.5. The van der Waals surface area contributed by atoms with E-state index in [1.807, 2.05) is 57.1 Å². The maximum absolute atomic E-state index is 13.3. The van der Waals surface area contributed by atoms with Crippen molar-refractivity contribution in [2.45, 2.75) is 92.7 Å². The molecule has 4 N–H and O–H groups in total. The molecule has 11 nitrogen and oxygen atoms in total. The van der Waals surface area contributed by atoms with Gasteiger partial charge in [0.2, 0.25) is 5.91 Å². The van der Waals surface area contributed by atoms with Crippen LogP contribution in [0, 0.1) is 76.6 Å². The van der Waals surface area contributed by atoms with Gasteiger partial charge in [-0.15, -0.1) is 0 Å². The zero-order valence-electron chi connectivity index (χ0n) is 43.9. The van der Waals surface area contributed by atoms with Crippen LogP contribution in [0.3, 0.4) is 0 Å². The summed E-state index contributed by atoms with van der Waals surface area (Å²) in [5.74, 6) is 9.00. The van der Waals surface area contributed by atoms with Crippen LogP contribution in [-0.4, -0.2) is 82.7 Å². The number of amides is 2. The number of alkyl carbamates (subject to hydrolysis) is 1. The summed E-state index contributed by atoms with van der Waals surface area (Å²) in [4.78, 5) is 52.8. The molecule has 2 saturated carbocycles. The summed E-state index contributed by atoms with van der Waals surface area (Å²) in [5, 5.41) is 5.76. The van der Waals surface area contributed by atoms with E-state index in [0.29, 0.717) is 17.9 Å². The summed E-state index contributed by atoms with van der Waals surface area (Å²) < 4.78 is 4.37. The molecule has 2 aliphatic rings. The molecule has 3 atom stereocenters. The monoisotopic (exact) mass is 1400 g/mol. The van der Waals surface area contributed by atoms with Gasteiger partial charge in [-0.1, -0.05) is 71.9 Å². The summed E-state index contributed by atoms with van der Waals surface area (Å²) in [7, 11) is 3.30. The normalized spacial score (nSPS) is 13.9. The number of hydrogen-bond donors (Lipinski definition) is 5. The average molecular weight is 1400 g/mol. The van der Waals surface area contributed by atoms with Crippen LogP contribution >= 0.6 is 12.6 Å². The molecule has 0 bridgehead atoms. The van der Waals surface area contributed by atoms with Crippen LogP contribution < -0.4 is 286 Å². The number of fused-ring (bicyclic) bond motifs is 1. The van der Waals surface area contributed by atoms with E-state index in [-0.39, 0.29) is 328 Å². The topological polar surface area (TPSA) is 145 Å². The molecule has 3 unspecified atom stereocenters. The molecule has 0 spiro atoms. The number of benzene rings is 2. The van der Waals surface area contributed by atoms with Crippen molar-refractivity contribution in [2.24, 2.45) is 28.6 Å². The summed E-state index contributed by atoms with van der Waals surface area (Å²) in [6, 6.07) is 13.9. The fourth-order valence-corrected chi connectivity index (χ4v) is 6.55. The number of methoxy groups -OCH3 is 1. The average Bonchev–Trinajstić information content (AvgIpc) is 4.06. The second-order valence-corrected chi connectivity index (χ2v) is 16.6. The van der Waals surface area contributed by atoms with Gasteiger partial charge in [0, 0.05) is 29.8 Å². The number of aromatic nitrogens is 4. The summed E-state index contributed by atoms with van der Waals surface area (Å²) in [6.07, 6.45) is 12.8. The third-order valence-electron chi connectivity index (χ3n) is 11.5. The number of imidazole rings is 2. The Morgan fingerprint density at radius 1 is 0.939 bits per heavy atom. The Balaban J connectivity index is -0.000000497. The Kier molecular flexibility index (Phi) is 47.3. The first-order valence-corrected chi connectivity index (χ1v) is 21.4. The molecule has 346 valence electrons. The minimum Gasteiger partial charge on any atom is -0.453 e. The molecular weight excluding hydrogens is 1330 g/mol. The van der Waals surface area contributed by atoms with Crippen molar-refractivity contribution in [1.29, 1.82) is 0 Å². The number of carbonyl (C=O) groups excluding carboxylic acids is 3. The van der Waals surface area contributed by atoms with Gasteiger partial charge in [0.25, 0.3) is 0 Å². The fourth-order valence-electron chi connectivity index (χ4n) is 6.55. The van der Waals surface area contributed by atoms with Gasteiger partial charge in [-0.05, 0) is 110 Å². The SMILES string of the molecule is CCC(C)C(C=O)NC(=O)OC.CNCC1(C[CH-]c2ncc(-c3ccc(C#Cc4ccc5nc(CN(CC6(C)CC6)C(=O)C(C)C(C)C)[nH]c5c4)cc3)[nH]2)CC1.CS.[CH3-].[CH3-].[CH3-].[CH3-].[Cs+].[Cs+].[Cs+].[Cs+]. The number of aromatic amines is 2. The van der Waals surface area contributed by atoms with Crippen LogP contribution in [0.5, 0.6) is 0 Å². The number of thiol groups is 1. The van der Waals surface area contributed by atoms with Gasteiger partial charge in [0.05, 0.1) is 36.4 Å². The van der Waals surface area contributed by atoms with Gasteiger partial charge in [0.15, 0.2) is 0 Å². The van der Waals surface area contributed by atoms with Gasteiger partial charge in [0.1, 0.15) is 12.1 Å². The van der Waals surface area contributed by atoms with Crippen LogP contribution in [0.1, 0.15) is 103 Å². The first kappa shape index (κ1) is 78.4. The maximum Gasteiger partial charge on any atom is 1.00 e. The van der Waals surface area contributed by atoms with Crippen molar-refractivity contribution in [3.05, 3.63) is 108 Å². The van der Waals surface area contributed by atoms with Crippen LogP contribution in [0.15, 0.2) is 48.7 Å². The maximum atomic E-state index is 13.3. The first-order valence-electron chi connectivity index (χ1n) is 20.5. The zero-order chi connectivity index (χ0) is 42.5. The van der Waals surface area contributed by atoms with Gasteiger partial charge in [-0.25, -0.2) is 9.78 Å². The van der Waals surface area contributed by atoms with Crippen LogP contribution in [0.2, 0.25) is 0 Å². The van der Waals surface area contributed by atoms with Crippen LogP contribution in [0.25, 0.3) is 22.3 Å². The van der Waals surface area contributed by atoms with Crippen molar-refractivity contribution in [1.82, 2.24) is 35.5 Å². The molecule has 4 aromatic rings. The summed E-state index contributed by atoms with van der Waals surface area (Å²) in [5.41, 5.74) is 6.48. The quantitative estimate of drug-likeness (QED) is 0.0380. The van der Waals surface area contributed by atoms with Gasteiger partial charge < -0.3 is 71.2 Å². The molecule has 2 amide bonds. The number of hydrogen-bond acceptors (Lipinski definition) is 8.